The van der Waals surface area contributed by atoms with Crippen molar-refractivity contribution in [3.63, 3.8) is 0 Å². The van der Waals surface area contributed by atoms with Crippen LogP contribution in [0.25, 0.3) is 0 Å². The fraction of sp³-hybridized carbons (Fsp3) is 0.643. The molecule has 0 radical (unpaired) electrons. The van der Waals surface area contributed by atoms with Gasteiger partial charge in [0.15, 0.2) is 0 Å². The molecule has 2 N–H and O–H groups in total. The first-order valence-corrected chi connectivity index (χ1v) is 6.75. The Kier molecular flexibility index (Phi) is 3.58. The first-order chi connectivity index (χ1) is 9.27. The van der Waals surface area contributed by atoms with Crippen LogP contribution in [0.4, 0.5) is 0 Å². The number of aromatic nitrogens is 1. The van der Waals surface area contributed by atoms with E-state index in [-0.39, 0.29) is 11.8 Å². The van der Waals surface area contributed by atoms with Gasteiger partial charge in [-0.1, -0.05) is 5.16 Å². The van der Waals surface area contributed by atoms with Crippen molar-refractivity contribution in [1.82, 2.24) is 10.5 Å². The van der Waals surface area contributed by atoms with Crippen LogP contribution in [0.3, 0.4) is 0 Å². The van der Waals surface area contributed by atoms with E-state index in [0.717, 1.165) is 18.4 Å². The Morgan fingerprint density at radius 2 is 2.05 bits per heavy atom. The van der Waals surface area contributed by atoms with E-state index < -0.39 is 17.4 Å². The number of carboxylic acid groups (broad SMARTS) is 1. The average molecular weight is 280 g/mol. The molecule has 110 valence electrons. The Hall–Kier alpha value is -1.85. The van der Waals surface area contributed by atoms with Gasteiger partial charge in [-0.25, -0.2) is 4.79 Å². The Morgan fingerprint density at radius 3 is 2.45 bits per heavy atom. The molecule has 1 aromatic heterocycles. The third kappa shape index (κ3) is 2.42. The zero-order valence-electron chi connectivity index (χ0n) is 12.2. The number of amides is 1. The summed E-state index contributed by atoms with van der Waals surface area (Å²) in [5.74, 6) is -1.18. The van der Waals surface area contributed by atoms with Crippen molar-refractivity contribution in [2.45, 2.75) is 52.0 Å². The Bertz CT molecular complexity index is 528. The second-order valence-electron chi connectivity index (χ2n) is 5.73. The number of nitrogens with one attached hydrogen (secondary N) is 1. The number of aliphatic carboxylic acids is 1. The minimum Gasteiger partial charge on any atom is -0.480 e. The quantitative estimate of drug-likeness (QED) is 0.857. The summed E-state index contributed by atoms with van der Waals surface area (Å²) in [5, 5.41) is 15.9. The molecule has 0 aliphatic heterocycles. The first-order valence-electron chi connectivity index (χ1n) is 6.75. The molecular weight excluding hydrogens is 260 g/mol. The highest BCUT2D eigenvalue weighted by Gasteiger charge is 2.49. The van der Waals surface area contributed by atoms with Gasteiger partial charge in [0.05, 0.1) is 11.6 Å². The first kappa shape index (κ1) is 14.6. The zero-order chi connectivity index (χ0) is 15.1. The largest absolute Gasteiger partial charge is 0.480 e. The molecule has 0 bridgehead atoms. The molecule has 6 nitrogen and oxygen atoms in total. The van der Waals surface area contributed by atoms with Crippen LogP contribution >= 0.6 is 0 Å². The maximum Gasteiger partial charge on any atom is 0.329 e. The predicted molar refractivity (Wildman–Crippen MR) is 71.3 cm³/mol. The summed E-state index contributed by atoms with van der Waals surface area (Å²) in [6.07, 6.45) is 1.67. The van der Waals surface area contributed by atoms with Crippen molar-refractivity contribution in [2.24, 2.45) is 5.92 Å². The minimum absolute atomic E-state index is 0.0146. The summed E-state index contributed by atoms with van der Waals surface area (Å²) in [6.45, 7) is 6.82. The fourth-order valence-corrected chi connectivity index (χ4v) is 2.59. The van der Waals surface area contributed by atoms with Gasteiger partial charge in [-0.3, -0.25) is 4.79 Å². The number of aryl methyl sites for hydroxylation is 2. The van der Waals surface area contributed by atoms with Gasteiger partial charge in [0.1, 0.15) is 11.3 Å². The van der Waals surface area contributed by atoms with Gasteiger partial charge in [0, 0.05) is 5.56 Å². The molecule has 2 unspecified atom stereocenters. The molecule has 6 heteroatoms. The van der Waals surface area contributed by atoms with Gasteiger partial charge >= 0.3 is 5.97 Å². The van der Waals surface area contributed by atoms with Crippen molar-refractivity contribution >= 4 is 11.9 Å². The fourth-order valence-electron chi connectivity index (χ4n) is 2.59. The normalized spacial score (nSPS) is 19.2. The number of hydrogen-bond donors (Lipinski definition) is 2. The van der Waals surface area contributed by atoms with Gasteiger partial charge in [-0.2, -0.15) is 0 Å². The summed E-state index contributed by atoms with van der Waals surface area (Å²) in [5.41, 5.74) is 0.198. The van der Waals surface area contributed by atoms with E-state index in [1.807, 2.05) is 0 Å². The van der Waals surface area contributed by atoms with Crippen LogP contribution in [-0.4, -0.2) is 27.7 Å². The third-order valence-corrected chi connectivity index (χ3v) is 4.14. The molecule has 1 fully saturated rings. The van der Waals surface area contributed by atoms with E-state index in [2.05, 4.69) is 10.5 Å². The van der Waals surface area contributed by atoms with Gasteiger partial charge < -0.3 is 14.9 Å². The smallest absolute Gasteiger partial charge is 0.329 e. The molecule has 0 saturated heterocycles. The predicted octanol–water partition coefficient (Wildman–Crippen LogP) is 1.76. The highest BCUT2D eigenvalue weighted by molar-refractivity contribution is 5.90. The van der Waals surface area contributed by atoms with E-state index in [0.29, 0.717) is 11.5 Å². The lowest BCUT2D eigenvalue weighted by Gasteiger charge is -2.27. The van der Waals surface area contributed by atoms with Crippen LogP contribution in [0.2, 0.25) is 0 Å². The number of nitrogens with zero attached hydrogens (tertiary/aromatic N) is 1. The summed E-state index contributed by atoms with van der Waals surface area (Å²) in [4.78, 5) is 23.8. The molecule has 20 heavy (non-hydrogen) atoms. The van der Waals surface area contributed by atoms with Crippen LogP contribution < -0.4 is 5.32 Å². The van der Waals surface area contributed by atoms with E-state index in [1.165, 1.54) is 0 Å². The molecular formula is C14H20N2O4. The highest BCUT2D eigenvalue weighted by Crippen LogP contribution is 2.40. The van der Waals surface area contributed by atoms with E-state index >= 15 is 0 Å². The minimum atomic E-state index is -1.19. The third-order valence-electron chi connectivity index (χ3n) is 4.14. The van der Waals surface area contributed by atoms with Crippen molar-refractivity contribution in [3.05, 3.63) is 17.0 Å². The number of carboxylic acids is 1. The molecule has 1 aliphatic carbocycles. The molecule has 1 aromatic rings. The zero-order valence-corrected chi connectivity index (χ0v) is 12.2. The maximum absolute atomic E-state index is 12.4. The molecule has 2 atom stereocenters. The van der Waals surface area contributed by atoms with E-state index in [9.17, 15) is 14.7 Å². The Morgan fingerprint density at radius 1 is 1.45 bits per heavy atom. The highest BCUT2D eigenvalue weighted by atomic mass is 16.5. The number of rotatable bonds is 5. The monoisotopic (exact) mass is 280 g/mol. The molecule has 2 rings (SSSR count). The summed E-state index contributed by atoms with van der Waals surface area (Å²) in [6, 6.07) is 0. The topological polar surface area (TPSA) is 92.4 Å². The number of hydrogen-bond acceptors (Lipinski definition) is 4. The van der Waals surface area contributed by atoms with Crippen LogP contribution in [0.1, 0.15) is 49.6 Å². The van der Waals surface area contributed by atoms with Crippen molar-refractivity contribution in [2.75, 3.05) is 0 Å². The lowest BCUT2D eigenvalue weighted by atomic mass is 9.92. The average Bonchev–Trinajstić information content (AvgIpc) is 3.16. The molecule has 0 spiro atoms. The summed E-state index contributed by atoms with van der Waals surface area (Å²) >= 11 is 0. The van der Waals surface area contributed by atoms with Gasteiger partial charge in [0.25, 0.3) is 0 Å². The lowest BCUT2D eigenvalue weighted by molar-refractivity contribution is -0.148. The second kappa shape index (κ2) is 4.92. The molecule has 1 aliphatic rings. The van der Waals surface area contributed by atoms with E-state index in [1.54, 1.807) is 27.7 Å². The van der Waals surface area contributed by atoms with Gasteiger partial charge in [-0.15, -0.1) is 0 Å². The Labute approximate surface area is 117 Å². The molecule has 1 heterocycles. The lowest BCUT2D eigenvalue weighted by Crippen LogP contribution is -2.55. The summed E-state index contributed by atoms with van der Waals surface area (Å²) in [7, 11) is 0. The molecule has 0 aromatic carbocycles. The van der Waals surface area contributed by atoms with Crippen LogP contribution in [0, 0.1) is 19.8 Å². The Balaban J connectivity index is 2.17. The van der Waals surface area contributed by atoms with Crippen molar-refractivity contribution in [1.29, 1.82) is 0 Å². The second-order valence-corrected chi connectivity index (χ2v) is 5.73. The standard InChI is InChI=1S/C14H20N2O4/c1-7(11-8(2)16-20-9(11)3)12(17)15-14(4,13(18)19)10-5-6-10/h7,10H,5-6H2,1-4H3,(H,15,17)(H,18,19). The maximum atomic E-state index is 12.4. The van der Waals surface area contributed by atoms with E-state index in [4.69, 9.17) is 4.52 Å². The molecule has 1 saturated carbocycles. The van der Waals surface area contributed by atoms with Crippen molar-refractivity contribution in [3.8, 4) is 0 Å². The van der Waals surface area contributed by atoms with Gasteiger partial charge in [-0.05, 0) is 46.5 Å². The SMILES string of the molecule is Cc1noc(C)c1C(C)C(=O)NC(C)(C(=O)O)C1CC1. The van der Waals surface area contributed by atoms with Crippen LogP contribution in [0.5, 0.6) is 0 Å². The number of carbonyl (C=O) groups excluding carboxylic acids is 1. The van der Waals surface area contributed by atoms with Crippen LogP contribution in [-0.2, 0) is 9.59 Å². The summed E-state index contributed by atoms with van der Waals surface area (Å²) < 4.78 is 5.06. The number of carbonyl (C=O) groups is 2. The van der Waals surface area contributed by atoms with Gasteiger partial charge in [0.2, 0.25) is 5.91 Å². The van der Waals surface area contributed by atoms with Crippen LogP contribution in [0.15, 0.2) is 4.52 Å². The molecule has 1 amide bonds. The van der Waals surface area contributed by atoms with Crippen molar-refractivity contribution < 1.29 is 19.2 Å².